The lowest BCUT2D eigenvalue weighted by molar-refractivity contribution is 0.0939. The summed E-state index contributed by atoms with van der Waals surface area (Å²) >= 11 is 0. The predicted molar refractivity (Wildman–Crippen MR) is 95.7 cm³/mol. The molecule has 5 nitrogen and oxygen atoms in total. The lowest BCUT2D eigenvalue weighted by atomic mass is 10.2. The van der Waals surface area contributed by atoms with Crippen molar-refractivity contribution >= 4 is 21.6 Å². The van der Waals surface area contributed by atoms with Gasteiger partial charge in [0.2, 0.25) is 0 Å². The fourth-order valence-electron chi connectivity index (χ4n) is 2.14. The molecule has 1 amide bonds. The number of nitrogens with one attached hydrogen (secondary N) is 1. The summed E-state index contributed by atoms with van der Waals surface area (Å²) in [5, 5.41) is 2.84. The zero-order chi connectivity index (χ0) is 17.7. The molecule has 0 saturated carbocycles. The monoisotopic (exact) mass is 346 g/mol. The van der Waals surface area contributed by atoms with Crippen LogP contribution in [-0.4, -0.2) is 27.4 Å². The summed E-state index contributed by atoms with van der Waals surface area (Å²) in [4.78, 5) is 12.3. The van der Waals surface area contributed by atoms with Crippen LogP contribution < -0.4 is 9.62 Å². The molecule has 128 valence electrons. The molecule has 0 radical (unpaired) electrons. The molecular weight excluding hydrogens is 324 g/mol. The van der Waals surface area contributed by atoms with Crippen LogP contribution in [0.2, 0.25) is 0 Å². The fraction of sp³-hybridized carbons (Fsp3) is 0.278. The third kappa shape index (κ3) is 3.94. The minimum atomic E-state index is -3.73. The molecule has 2 aromatic carbocycles. The van der Waals surface area contributed by atoms with E-state index in [-0.39, 0.29) is 16.8 Å². The van der Waals surface area contributed by atoms with Crippen molar-refractivity contribution in [2.75, 3.05) is 11.4 Å². The van der Waals surface area contributed by atoms with Crippen LogP contribution in [0.4, 0.5) is 5.69 Å². The van der Waals surface area contributed by atoms with Gasteiger partial charge in [-0.1, -0.05) is 31.2 Å². The van der Waals surface area contributed by atoms with Gasteiger partial charge in [0.25, 0.3) is 15.9 Å². The molecule has 1 N–H and O–H groups in total. The minimum absolute atomic E-state index is 0.0322. The number of nitrogens with zero attached hydrogens (tertiary/aromatic N) is 1. The zero-order valence-electron chi connectivity index (χ0n) is 14.1. The molecule has 6 heteroatoms. The average molecular weight is 346 g/mol. The van der Waals surface area contributed by atoms with Gasteiger partial charge in [0.15, 0.2) is 0 Å². The van der Waals surface area contributed by atoms with E-state index in [2.05, 4.69) is 5.32 Å². The molecule has 0 aromatic heterocycles. The van der Waals surface area contributed by atoms with Crippen LogP contribution in [0.15, 0.2) is 59.5 Å². The molecule has 2 aromatic rings. The lowest BCUT2D eigenvalue weighted by Gasteiger charge is -2.20. The van der Waals surface area contributed by atoms with E-state index in [4.69, 9.17) is 0 Å². The van der Waals surface area contributed by atoms with Crippen molar-refractivity contribution in [2.45, 2.75) is 31.2 Å². The summed E-state index contributed by atoms with van der Waals surface area (Å²) in [5.74, 6) is -0.274. The van der Waals surface area contributed by atoms with Gasteiger partial charge in [-0.25, -0.2) is 8.42 Å². The van der Waals surface area contributed by atoms with E-state index in [0.29, 0.717) is 11.3 Å². The molecule has 0 aliphatic heterocycles. The van der Waals surface area contributed by atoms with E-state index >= 15 is 0 Å². The lowest BCUT2D eigenvalue weighted by Crippen LogP contribution is -2.32. The zero-order valence-corrected chi connectivity index (χ0v) is 14.9. The van der Waals surface area contributed by atoms with Gasteiger partial charge >= 0.3 is 0 Å². The van der Waals surface area contributed by atoms with Crippen molar-refractivity contribution in [3.05, 3.63) is 60.2 Å². The smallest absolute Gasteiger partial charge is 0.264 e. The number of hydrogen-bond acceptors (Lipinski definition) is 3. The third-order valence-corrected chi connectivity index (χ3v) is 5.65. The molecule has 0 saturated heterocycles. The molecule has 0 aliphatic rings. The van der Waals surface area contributed by atoms with Crippen LogP contribution in [-0.2, 0) is 10.0 Å². The van der Waals surface area contributed by atoms with Crippen LogP contribution in [0.5, 0.6) is 0 Å². The highest BCUT2D eigenvalue weighted by atomic mass is 32.2. The Morgan fingerprint density at radius 1 is 1.12 bits per heavy atom. The van der Waals surface area contributed by atoms with Gasteiger partial charge in [-0.05, 0) is 43.7 Å². The third-order valence-electron chi connectivity index (χ3n) is 3.86. The molecule has 0 unspecified atom stereocenters. The van der Waals surface area contributed by atoms with Crippen molar-refractivity contribution < 1.29 is 13.2 Å². The first kappa shape index (κ1) is 18.0. The van der Waals surface area contributed by atoms with Crippen LogP contribution in [0.1, 0.15) is 30.6 Å². The van der Waals surface area contributed by atoms with Gasteiger partial charge < -0.3 is 5.32 Å². The first-order valence-electron chi connectivity index (χ1n) is 7.81. The molecule has 1 atom stereocenters. The molecule has 0 bridgehead atoms. The maximum atomic E-state index is 12.8. The highest BCUT2D eigenvalue weighted by molar-refractivity contribution is 7.92. The second kappa shape index (κ2) is 7.49. The van der Waals surface area contributed by atoms with Gasteiger partial charge in [-0.15, -0.1) is 0 Å². The standard InChI is InChI=1S/C18H22N2O3S/c1-4-14(2)19-18(21)15-9-8-12-17(13-15)24(22,23)20(3)16-10-6-5-7-11-16/h5-14H,4H2,1-3H3,(H,19,21)/t14-/m1/s1. The Labute approximate surface area is 143 Å². The number of anilines is 1. The maximum absolute atomic E-state index is 12.8. The van der Waals surface area contributed by atoms with Gasteiger partial charge in [-0.3, -0.25) is 9.10 Å². The van der Waals surface area contributed by atoms with Crippen LogP contribution in [0.3, 0.4) is 0 Å². The highest BCUT2D eigenvalue weighted by Crippen LogP contribution is 2.22. The van der Waals surface area contributed by atoms with E-state index in [1.165, 1.54) is 23.5 Å². The second-order valence-electron chi connectivity index (χ2n) is 5.62. The van der Waals surface area contributed by atoms with Gasteiger partial charge in [0.05, 0.1) is 10.6 Å². The normalized spacial score (nSPS) is 12.5. The second-order valence-corrected chi connectivity index (χ2v) is 7.59. The average Bonchev–Trinajstić information content (AvgIpc) is 2.61. The fourth-order valence-corrected chi connectivity index (χ4v) is 3.38. The van der Waals surface area contributed by atoms with Crippen molar-refractivity contribution in [3.63, 3.8) is 0 Å². The quantitative estimate of drug-likeness (QED) is 0.874. The summed E-state index contributed by atoms with van der Waals surface area (Å²) in [7, 11) is -2.23. The van der Waals surface area contributed by atoms with Crippen molar-refractivity contribution in [1.29, 1.82) is 0 Å². The first-order chi connectivity index (χ1) is 11.4. The largest absolute Gasteiger partial charge is 0.350 e. The Kier molecular flexibility index (Phi) is 5.62. The van der Waals surface area contributed by atoms with Crippen LogP contribution in [0.25, 0.3) is 0 Å². The number of para-hydroxylation sites is 1. The van der Waals surface area contributed by atoms with Crippen LogP contribution in [0, 0.1) is 0 Å². The molecule has 0 aliphatic carbocycles. The number of hydrogen-bond donors (Lipinski definition) is 1. The Hall–Kier alpha value is -2.34. The topological polar surface area (TPSA) is 66.5 Å². The highest BCUT2D eigenvalue weighted by Gasteiger charge is 2.22. The van der Waals surface area contributed by atoms with Crippen molar-refractivity contribution in [2.24, 2.45) is 0 Å². The molecule has 0 fully saturated rings. The molecule has 0 spiro atoms. The van der Waals surface area contributed by atoms with E-state index in [1.807, 2.05) is 19.9 Å². The summed E-state index contributed by atoms with van der Waals surface area (Å²) in [5.41, 5.74) is 0.893. The summed E-state index contributed by atoms with van der Waals surface area (Å²) in [6.07, 6.45) is 0.806. The van der Waals surface area contributed by atoms with Crippen molar-refractivity contribution in [3.8, 4) is 0 Å². The Morgan fingerprint density at radius 3 is 2.42 bits per heavy atom. The van der Waals surface area contributed by atoms with Gasteiger partial charge in [0.1, 0.15) is 0 Å². The maximum Gasteiger partial charge on any atom is 0.264 e. The summed E-state index contributed by atoms with van der Waals surface area (Å²) in [6, 6.07) is 14.9. The summed E-state index contributed by atoms with van der Waals surface area (Å²) < 4.78 is 26.8. The Morgan fingerprint density at radius 2 is 1.79 bits per heavy atom. The predicted octanol–water partition coefficient (Wildman–Crippen LogP) is 3.04. The number of rotatable bonds is 6. The Bertz CT molecular complexity index is 804. The Balaban J connectivity index is 2.32. The molecule has 24 heavy (non-hydrogen) atoms. The minimum Gasteiger partial charge on any atom is -0.350 e. The number of amides is 1. The van der Waals surface area contributed by atoms with E-state index in [0.717, 1.165) is 6.42 Å². The van der Waals surface area contributed by atoms with E-state index in [9.17, 15) is 13.2 Å². The summed E-state index contributed by atoms with van der Waals surface area (Å²) in [6.45, 7) is 3.88. The van der Waals surface area contributed by atoms with E-state index < -0.39 is 10.0 Å². The van der Waals surface area contributed by atoms with Gasteiger partial charge in [0, 0.05) is 18.7 Å². The van der Waals surface area contributed by atoms with Crippen LogP contribution >= 0.6 is 0 Å². The first-order valence-corrected chi connectivity index (χ1v) is 9.25. The molecule has 2 rings (SSSR count). The number of carbonyl (C=O) groups is 1. The molecule has 0 heterocycles. The van der Waals surface area contributed by atoms with E-state index in [1.54, 1.807) is 36.4 Å². The number of benzene rings is 2. The number of carbonyl (C=O) groups excluding carboxylic acids is 1. The number of sulfonamides is 1. The molecular formula is C18H22N2O3S. The SMILES string of the molecule is CC[C@@H](C)NC(=O)c1cccc(S(=O)(=O)N(C)c2ccccc2)c1. The van der Waals surface area contributed by atoms with Crippen molar-refractivity contribution in [1.82, 2.24) is 5.32 Å². The van der Waals surface area contributed by atoms with Gasteiger partial charge in [-0.2, -0.15) is 0 Å².